The predicted molar refractivity (Wildman–Crippen MR) is 148 cm³/mol. The lowest BCUT2D eigenvalue weighted by atomic mass is 10.2. The van der Waals surface area contributed by atoms with Crippen LogP contribution in [0.5, 0.6) is 5.75 Å². The molecule has 2 aromatic carbocycles. The number of rotatable bonds is 7. The standard InChI is InChI=1S/C27H27N9O4/c1-40-23(39)15-28-22(38)16-35-17-29-24-25(35)31-27(32-26(24)36-21-5-3-2-4-18(21)14-30-36)34-12-10-33(11-13-34)19-6-8-20(37)9-7-19/h2-9,14,17,37H,10-13,15-16H2,1H3,(H,28,38). The van der Waals surface area contributed by atoms with Gasteiger partial charge in [-0.25, -0.2) is 9.67 Å². The molecule has 13 nitrogen and oxygen atoms in total. The zero-order valence-electron chi connectivity index (χ0n) is 21.8. The predicted octanol–water partition coefficient (Wildman–Crippen LogP) is 1.49. The summed E-state index contributed by atoms with van der Waals surface area (Å²) in [7, 11) is 1.27. The van der Waals surface area contributed by atoms with Gasteiger partial charge in [-0.2, -0.15) is 15.1 Å². The van der Waals surface area contributed by atoms with Crippen molar-refractivity contribution < 1.29 is 19.4 Å². The molecule has 0 saturated carbocycles. The Morgan fingerprint density at radius 2 is 1.75 bits per heavy atom. The number of phenolic OH excluding ortho intramolecular Hbond substituents is 1. The first-order valence-corrected chi connectivity index (χ1v) is 12.8. The van der Waals surface area contributed by atoms with Crippen LogP contribution in [0.2, 0.25) is 0 Å². The van der Waals surface area contributed by atoms with E-state index in [2.05, 4.69) is 29.9 Å². The van der Waals surface area contributed by atoms with Crippen molar-refractivity contribution in [2.45, 2.75) is 6.54 Å². The fourth-order valence-electron chi connectivity index (χ4n) is 4.75. The molecule has 0 atom stereocenters. The van der Waals surface area contributed by atoms with Gasteiger partial charge in [0, 0.05) is 37.3 Å². The molecule has 1 fully saturated rings. The first-order valence-electron chi connectivity index (χ1n) is 12.8. The molecule has 0 aliphatic carbocycles. The first kappa shape index (κ1) is 25.1. The number of fused-ring (bicyclic) bond motifs is 2. The molecule has 0 bridgehead atoms. The van der Waals surface area contributed by atoms with Gasteiger partial charge in [-0.05, 0) is 30.3 Å². The fourth-order valence-corrected chi connectivity index (χ4v) is 4.75. The highest BCUT2D eigenvalue weighted by atomic mass is 16.5. The summed E-state index contributed by atoms with van der Waals surface area (Å²) in [6, 6.07) is 15.0. The Morgan fingerprint density at radius 1 is 1.00 bits per heavy atom. The average molecular weight is 542 g/mol. The number of hydrogen-bond donors (Lipinski definition) is 2. The van der Waals surface area contributed by atoms with Crippen molar-refractivity contribution in [1.29, 1.82) is 0 Å². The van der Waals surface area contributed by atoms with Crippen molar-refractivity contribution in [3.8, 4) is 11.6 Å². The molecule has 1 amide bonds. The minimum atomic E-state index is -0.534. The SMILES string of the molecule is COC(=O)CNC(=O)Cn1cnc2c(-n3ncc4ccccc43)nc(N3CCN(c4ccc(O)cc4)CC3)nc21. The summed E-state index contributed by atoms with van der Waals surface area (Å²) >= 11 is 0. The third-order valence-electron chi connectivity index (χ3n) is 6.86. The molecule has 1 aliphatic rings. The molecule has 2 N–H and O–H groups in total. The van der Waals surface area contributed by atoms with Crippen molar-refractivity contribution in [3.05, 3.63) is 61.1 Å². The van der Waals surface area contributed by atoms with Crippen molar-refractivity contribution in [2.24, 2.45) is 0 Å². The Hall–Kier alpha value is -5.20. The van der Waals surface area contributed by atoms with Crippen molar-refractivity contribution in [1.82, 2.24) is 34.6 Å². The van der Waals surface area contributed by atoms with E-state index in [1.807, 2.05) is 36.4 Å². The van der Waals surface area contributed by atoms with Gasteiger partial charge in [-0.1, -0.05) is 18.2 Å². The van der Waals surface area contributed by atoms with Crippen LogP contribution in [0.15, 0.2) is 61.1 Å². The Bertz CT molecular complexity index is 1690. The topological polar surface area (TPSA) is 144 Å². The number of ether oxygens (including phenoxy) is 1. The number of anilines is 2. The molecule has 3 aromatic heterocycles. The molecule has 0 radical (unpaired) electrons. The number of nitrogens with one attached hydrogen (secondary N) is 1. The number of nitrogens with zero attached hydrogens (tertiary/aromatic N) is 8. The van der Waals surface area contributed by atoms with Crippen LogP contribution in [0.3, 0.4) is 0 Å². The Morgan fingerprint density at radius 3 is 2.52 bits per heavy atom. The van der Waals surface area contributed by atoms with E-state index in [0.29, 0.717) is 36.0 Å². The van der Waals surface area contributed by atoms with Gasteiger partial charge in [0.05, 0.1) is 25.2 Å². The zero-order chi connectivity index (χ0) is 27.6. The second-order valence-electron chi connectivity index (χ2n) is 9.35. The molecule has 40 heavy (non-hydrogen) atoms. The molecular weight excluding hydrogens is 514 g/mol. The van der Waals surface area contributed by atoms with E-state index in [0.717, 1.165) is 29.7 Å². The van der Waals surface area contributed by atoms with Crippen LogP contribution in [0.25, 0.3) is 27.9 Å². The fraction of sp³-hybridized carbons (Fsp3) is 0.259. The van der Waals surface area contributed by atoms with Gasteiger partial charge in [-0.3, -0.25) is 9.59 Å². The van der Waals surface area contributed by atoms with Gasteiger partial charge < -0.3 is 29.5 Å². The zero-order valence-corrected chi connectivity index (χ0v) is 21.8. The first-order chi connectivity index (χ1) is 19.5. The van der Waals surface area contributed by atoms with Crippen molar-refractivity contribution in [3.63, 3.8) is 0 Å². The Balaban J connectivity index is 1.34. The number of aromatic nitrogens is 6. The van der Waals surface area contributed by atoms with Crippen molar-refractivity contribution >= 4 is 45.6 Å². The van der Waals surface area contributed by atoms with Crippen LogP contribution in [-0.4, -0.2) is 86.1 Å². The lowest BCUT2D eigenvalue weighted by molar-refractivity contribution is -0.141. The third-order valence-corrected chi connectivity index (χ3v) is 6.86. The highest BCUT2D eigenvalue weighted by Gasteiger charge is 2.24. The molecule has 5 aromatic rings. The van der Waals surface area contributed by atoms with E-state index in [-0.39, 0.29) is 24.7 Å². The molecule has 6 rings (SSSR count). The summed E-state index contributed by atoms with van der Waals surface area (Å²) in [6.07, 6.45) is 3.31. The molecule has 1 aliphatic heterocycles. The van der Waals surface area contributed by atoms with E-state index < -0.39 is 5.97 Å². The number of carbonyl (C=O) groups excluding carboxylic acids is 2. The molecule has 1 saturated heterocycles. The molecule has 13 heteroatoms. The monoisotopic (exact) mass is 541 g/mol. The van der Waals surface area contributed by atoms with Gasteiger partial charge >= 0.3 is 5.97 Å². The number of amides is 1. The number of phenols is 1. The number of aromatic hydroxyl groups is 1. The van der Waals surface area contributed by atoms with E-state index in [4.69, 9.17) is 9.97 Å². The van der Waals surface area contributed by atoms with Crippen molar-refractivity contribution in [2.75, 3.05) is 49.6 Å². The summed E-state index contributed by atoms with van der Waals surface area (Å²) in [5, 5.41) is 17.7. The second kappa shape index (κ2) is 10.5. The van der Waals surface area contributed by atoms with Crippen LogP contribution in [0.1, 0.15) is 0 Å². The quantitative estimate of drug-likeness (QED) is 0.291. The third kappa shape index (κ3) is 4.84. The van der Waals surface area contributed by atoms with E-state index >= 15 is 0 Å². The van der Waals surface area contributed by atoms with Gasteiger partial charge in [0.2, 0.25) is 11.9 Å². The smallest absolute Gasteiger partial charge is 0.325 e. The van der Waals surface area contributed by atoms with Crippen LogP contribution in [0, 0.1) is 0 Å². The van der Waals surface area contributed by atoms with Gasteiger partial charge in [-0.15, -0.1) is 0 Å². The summed E-state index contributed by atoms with van der Waals surface area (Å²) in [5.74, 6) is 0.338. The lowest BCUT2D eigenvalue weighted by Crippen LogP contribution is -2.47. The molecule has 204 valence electrons. The average Bonchev–Trinajstić information content (AvgIpc) is 3.60. The van der Waals surface area contributed by atoms with Crippen LogP contribution in [-0.2, 0) is 20.9 Å². The maximum absolute atomic E-state index is 12.6. The number of para-hydroxylation sites is 1. The molecular formula is C27H27N9O4. The number of hydrogen-bond acceptors (Lipinski definition) is 10. The number of esters is 1. The summed E-state index contributed by atoms with van der Waals surface area (Å²) in [5.41, 5.74) is 2.89. The highest BCUT2D eigenvalue weighted by Crippen LogP contribution is 2.26. The van der Waals surface area contributed by atoms with E-state index in [1.165, 1.54) is 7.11 Å². The largest absolute Gasteiger partial charge is 0.508 e. The number of imidazole rings is 1. The summed E-state index contributed by atoms with van der Waals surface area (Å²) < 4.78 is 7.97. The molecule has 0 unspecified atom stereocenters. The number of methoxy groups -OCH3 is 1. The van der Waals surface area contributed by atoms with E-state index in [1.54, 1.807) is 33.9 Å². The van der Waals surface area contributed by atoms with Crippen LogP contribution in [0.4, 0.5) is 11.6 Å². The maximum Gasteiger partial charge on any atom is 0.325 e. The second-order valence-corrected chi connectivity index (χ2v) is 9.35. The summed E-state index contributed by atoms with van der Waals surface area (Å²) in [4.78, 5) is 42.7. The minimum absolute atomic E-state index is 0.0854. The normalized spacial score (nSPS) is 13.6. The maximum atomic E-state index is 12.6. The number of benzene rings is 2. The van der Waals surface area contributed by atoms with Crippen LogP contribution < -0.4 is 15.1 Å². The Labute approximate surface area is 228 Å². The molecule has 4 heterocycles. The number of carbonyl (C=O) groups is 2. The van der Waals surface area contributed by atoms with Gasteiger partial charge in [0.1, 0.15) is 18.8 Å². The number of piperazine rings is 1. The Kier molecular flexibility index (Phi) is 6.60. The summed E-state index contributed by atoms with van der Waals surface area (Å²) in [6.45, 7) is 2.50. The minimum Gasteiger partial charge on any atom is -0.508 e. The van der Waals surface area contributed by atoms with Gasteiger partial charge in [0.15, 0.2) is 17.0 Å². The van der Waals surface area contributed by atoms with Crippen LogP contribution >= 0.6 is 0 Å². The van der Waals surface area contributed by atoms with Gasteiger partial charge in [0.25, 0.3) is 0 Å². The van der Waals surface area contributed by atoms with E-state index in [9.17, 15) is 14.7 Å². The lowest BCUT2D eigenvalue weighted by Gasteiger charge is -2.36. The highest BCUT2D eigenvalue weighted by molar-refractivity contribution is 5.87. The molecule has 0 spiro atoms.